The number of rotatable bonds is 10. The van der Waals surface area contributed by atoms with Crippen LogP contribution in [0.15, 0.2) is 71.5 Å². The maximum atomic E-state index is 13.3. The van der Waals surface area contributed by atoms with Crippen molar-refractivity contribution >= 4 is 21.7 Å². The van der Waals surface area contributed by atoms with Gasteiger partial charge < -0.3 is 9.47 Å². The molecule has 1 unspecified atom stereocenters. The molecule has 37 heavy (non-hydrogen) atoms. The van der Waals surface area contributed by atoms with E-state index in [0.717, 1.165) is 22.0 Å². The average molecular weight is 515 g/mol. The first kappa shape index (κ1) is 26.2. The van der Waals surface area contributed by atoms with E-state index in [2.05, 4.69) is 36.9 Å². The highest BCUT2D eigenvalue weighted by Crippen LogP contribution is 2.30. The fraction of sp³-hybridized carbons (Fsp3) is 0.267. The highest BCUT2D eigenvalue weighted by molar-refractivity contribution is 7.84. The SMILES string of the molecule is C#CCOc1ccc2c(c1)c(-c1ccc(C(C)C)cc1)nc(=O)n2Cc1cccc(OCCS(C)=O)c1. The van der Waals surface area contributed by atoms with Crippen LogP contribution in [-0.4, -0.2) is 39.0 Å². The summed E-state index contributed by atoms with van der Waals surface area (Å²) in [5.74, 6) is 4.63. The van der Waals surface area contributed by atoms with Gasteiger partial charge in [0, 0.05) is 28.0 Å². The topological polar surface area (TPSA) is 70.4 Å². The molecular formula is C30H30N2O4S. The normalized spacial score (nSPS) is 11.9. The summed E-state index contributed by atoms with van der Waals surface area (Å²) in [7, 11) is -0.921. The van der Waals surface area contributed by atoms with E-state index in [-0.39, 0.29) is 12.3 Å². The molecule has 0 radical (unpaired) electrons. The maximum Gasteiger partial charge on any atom is 0.348 e. The minimum Gasteiger partial charge on any atom is -0.493 e. The molecule has 1 atom stereocenters. The third kappa shape index (κ3) is 6.46. The zero-order valence-electron chi connectivity index (χ0n) is 21.3. The van der Waals surface area contributed by atoms with E-state index in [1.807, 2.05) is 54.6 Å². The first-order valence-electron chi connectivity index (χ1n) is 12.1. The molecule has 0 aliphatic heterocycles. The van der Waals surface area contributed by atoms with Crippen molar-refractivity contribution < 1.29 is 13.7 Å². The maximum absolute atomic E-state index is 13.3. The molecule has 1 aromatic heterocycles. The van der Waals surface area contributed by atoms with Gasteiger partial charge in [-0.25, -0.2) is 4.79 Å². The molecule has 7 heteroatoms. The molecule has 0 bridgehead atoms. The molecule has 190 valence electrons. The molecule has 0 amide bonds. The summed E-state index contributed by atoms with van der Waals surface area (Å²) in [6.07, 6.45) is 7.03. The molecule has 0 spiro atoms. The van der Waals surface area contributed by atoms with E-state index < -0.39 is 10.8 Å². The summed E-state index contributed by atoms with van der Waals surface area (Å²) in [4.78, 5) is 17.8. The number of terminal acetylenes is 1. The second kappa shape index (κ2) is 11.9. The third-order valence-corrected chi connectivity index (χ3v) is 6.75. The van der Waals surface area contributed by atoms with Crippen LogP contribution in [0.5, 0.6) is 11.5 Å². The summed E-state index contributed by atoms with van der Waals surface area (Å²) in [6, 6.07) is 21.2. The average Bonchev–Trinajstić information content (AvgIpc) is 2.89. The van der Waals surface area contributed by atoms with Crippen molar-refractivity contribution in [3.63, 3.8) is 0 Å². The van der Waals surface area contributed by atoms with E-state index in [1.54, 1.807) is 10.8 Å². The fourth-order valence-corrected chi connectivity index (χ4v) is 4.38. The lowest BCUT2D eigenvalue weighted by Crippen LogP contribution is -2.24. The van der Waals surface area contributed by atoms with Gasteiger partial charge in [-0.15, -0.1) is 6.42 Å². The molecule has 0 saturated heterocycles. The third-order valence-electron chi connectivity index (χ3n) is 6.00. The monoisotopic (exact) mass is 514 g/mol. The number of hydrogen-bond donors (Lipinski definition) is 0. The van der Waals surface area contributed by atoms with E-state index in [4.69, 9.17) is 15.9 Å². The van der Waals surface area contributed by atoms with Gasteiger partial charge in [0.1, 0.15) is 18.1 Å². The van der Waals surface area contributed by atoms with Crippen LogP contribution in [0.1, 0.15) is 30.9 Å². The van der Waals surface area contributed by atoms with Crippen molar-refractivity contribution in [2.45, 2.75) is 26.3 Å². The lowest BCUT2D eigenvalue weighted by atomic mass is 9.99. The molecule has 0 aliphatic carbocycles. The molecule has 6 nitrogen and oxygen atoms in total. The Balaban J connectivity index is 1.76. The zero-order valence-corrected chi connectivity index (χ0v) is 22.1. The minimum atomic E-state index is -0.921. The van der Waals surface area contributed by atoms with Crippen molar-refractivity contribution in [1.82, 2.24) is 9.55 Å². The Kier molecular flexibility index (Phi) is 8.42. The molecule has 1 heterocycles. The Morgan fingerprint density at radius 2 is 1.78 bits per heavy atom. The summed E-state index contributed by atoms with van der Waals surface area (Å²) in [6.45, 7) is 5.11. The van der Waals surface area contributed by atoms with Crippen LogP contribution in [0, 0.1) is 12.3 Å². The second-order valence-corrected chi connectivity index (χ2v) is 10.6. The molecule has 3 aromatic carbocycles. The van der Waals surface area contributed by atoms with Crippen LogP contribution in [0.25, 0.3) is 22.2 Å². The van der Waals surface area contributed by atoms with Crippen molar-refractivity contribution in [1.29, 1.82) is 0 Å². The Morgan fingerprint density at radius 1 is 1.03 bits per heavy atom. The van der Waals surface area contributed by atoms with Crippen LogP contribution < -0.4 is 15.2 Å². The number of nitrogens with zero attached hydrogens (tertiary/aromatic N) is 2. The zero-order chi connectivity index (χ0) is 26.4. The van der Waals surface area contributed by atoms with Gasteiger partial charge in [0.15, 0.2) is 0 Å². The molecule has 0 N–H and O–H groups in total. The molecule has 0 fully saturated rings. The highest BCUT2D eigenvalue weighted by atomic mass is 32.2. The summed E-state index contributed by atoms with van der Waals surface area (Å²) >= 11 is 0. The van der Waals surface area contributed by atoms with Crippen molar-refractivity contribution in [3.8, 4) is 35.1 Å². The number of aromatic nitrogens is 2. The number of hydrogen-bond acceptors (Lipinski definition) is 5. The van der Waals surface area contributed by atoms with Crippen LogP contribution in [0.3, 0.4) is 0 Å². The number of fused-ring (bicyclic) bond motifs is 1. The summed E-state index contributed by atoms with van der Waals surface area (Å²) in [5.41, 5.74) is 3.96. The van der Waals surface area contributed by atoms with Crippen LogP contribution in [-0.2, 0) is 17.3 Å². The number of benzene rings is 3. The minimum absolute atomic E-state index is 0.148. The van der Waals surface area contributed by atoms with Crippen molar-refractivity contribution in [2.24, 2.45) is 0 Å². The lowest BCUT2D eigenvalue weighted by Gasteiger charge is -2.15. The standard InChI is InChI=1S/C30H30N2O4S/c1-5-15-35-26-13-14-28-27(19-26)29(24-11-9-23(10-12-24)21(2)3)31-30(33)32(28)20-22-7-6-8-25(18-22)36-16-17-37(4)34/h1,6-14,18-19,21H,15-17,20H2,2-4H3. The Hall–Kier alpha value is -3.89. The quantitative estimate of drug-likeness (QED) is 0.279. The Labute approximate surface area is 219 Å². The molecule has 4 rings (SSSR count). The van der Waals surface area contributed by atoms with Gasteiger partial charge in [0.2, 0.25) is 0 Å². The summed E-state index contributed by atoms with van der Waals surface area (Å²) in [5, 5.41) is 0.796. The van der Waals surface area contributed by atoms with E-state index >= 15 is 0 Å². The first-order valence-corrected chi connectivity index (χ1v) is 13.8. The largest absolute Gasteiger partial charge is 0.493 e. The van der Waals surface area contributed by atoms with Gasteiger partial charge in [-0.05, 0) is 47.4 Å². The van der Waals surface area contributed by atoms with E-state index in [1.165, 1.54) is 5.56 Å². The lowest BCUT2D eigenvalue weighted by molar-refractivity contribution is 0.342. The van der Waals surface area contributed by atoms with Gasteiger partial charge in [-0.1, -0.05) is 56.2 Å². The highest BCUT2D eigenvalue weighted by Gasteiger charge is 2.15. The molecular weight excluding hydrogens is 484 g/mol. The van der Waals surface area contributed by atoms with Gasteiger partial charge in [-0.2, -0.15) is 4.98 Å². The van der Waals surface area contributed by atoms with Crippen LogP contribution >= 0.6 is 0 Å². The van der Waals surface area contributed by atoms with E-state index in [0.29, 0.717) is 42.0 Å². The summed E-state index contributed by atoms with van der Waals surface area (Å²) < 4.78 is 24.4. The fourth-order valence-electron chi connectivity index (χ4n) is 4.07. The van der Waals surface area contributed by atoms with E-state index in [9.17, 15) is 9.00 Å². The molecule has 0 saturated carbocycles. The van der Waals surface area contributed by atoms with Gasteiger partial charge in [0.05, 0.1) is 30.1 Å². The molecule has 0 aliphatic rings. The Bertz CT molecular complexity index is 1520. The smallest absolute Gasteiger partial charge is 0.348 e. The van der Waals surface area contributed by atoms with Gasteiger partial charge in [0.25, 0.3) is 0 Å². The predicted octanol–water partition coefficient (Wildman–Crippen LogP) is 5.00. The first-order chi connectivity index (χ1) is 17.9. The van der Waals surface area contributed by atoms with Crippen molar-refractivity contribution in [3.05, 3.63) is 88.3 Å². The predicted molar refractivity (Wildman–Crippen MR) is 150 cm³/mol. The molecule has 4 aromatic rings. The number of ether oxygens (including phenoxy) is 2. The van der Waals surface area contributed by atoms with Gasteiger partial charge >= 0.3 is 5.69 Å². The van der Waals surface area contributed by atoms with Crippen LogP contribution in [0.2, 0.25) is 0 Å². The second-order valence-electron chi connectivity index (χ2n) is 9.05. The van der Waals surface area contributed by atoms with Gasteiger partial charge in [-0.3, -0.25) is 8.78 Å². The Morgan fingerprint density at radius 3 is 2.49 bits per heavy atom. The van der Waals surface area contributed by atoms with Crippen LogP contribution in [0.4, 0.5) is 0 Å². The van der Waals surface area contributed by atoms with Crippen molar-refractivity contribution in [2.75, 3.05) is 25.2 Å².